The number of aryl methyl sites for hydroxylation is 2. The zero-order chi connectivity index (χ0) is 18.4. The van der Waals surface area contributed by atoms with Gasteiger partial charge in [0.1, 0.15) is 13.2 Å². The topological polar surface area (TPSA) is 119 Å². The molecule has 0 aromatic heterocycles. The van der Waals surface area contributed by atoms with E-state index in [9.17, 15) is 9.59 Å². The average Bonchev–Trinajstić information content (AvgIpc) is 2.54. The smallest absolute Gasteiger partial charge is 0.250 e. The highest BCUT2D eigenvalue weighted by Crippen LogP contribution is 2.17. The van der Waals surface area contributed by atoms with Crippen molar-refractivity contribution in [1.29, 1.82) is 0 Å². The van der Waals surface area contributed by atoms with Crippen LogP contribution in [0, 0.1) is 13.8 Å². The Bertz CT molecular complexity index is 724. The lowest BCUT2D eigenvalue weighted by atomic mass is 10.2. The molecule has 25 heavy (non-hydrogen) atoms. The molecule has 7 heteroatoms. The normalized spacial score (nSPS) is 10.3. The number of nitrogens with two attached hydrogens (primary N) is 2. The van der Waals surface area contributed by atoms with Crippen molar-refractivity contribution in [2.24, 2.45) is 0 Å². The van der Waals surface area contributed by atoms with Crippen molar-refractivity contribution in [3.8, 4) is 0 Å². The van der Waals surface area contributed by atoms with Crippen LogP contribution < -0.4 is 22.1 Å². The van der Waals surface area contributed by atoms with Crippen LogP contribution in [0.4, 0.5) is 22.7 Å². The molecule has 0 fully saturated rings. The minimum absolute atomic E-state index is 0.225. The molecule has 0 aliphatic carbocycles. The molecule has 0 aliphatic heterocycles. The number of carbonyl (C=O) groups is 2. The summed E-state index contributed by atoms with van der Waals surface area (Å²) in [5, 5.41) is 5.36. The molecule has 0 aliphatic rings. The summed E-state index contributed by atoms with van der Waals surface area (Å²) in [5.41, 5.74) is 15.8. The predicted molar refractivity (Wildman–Crippen MR) is 99.3 cm³/mol. The Balaban J connectivity index is 1.75. The number of nitrogen functional groups attached to an aromatic ring is 2. The fraction of sp³-hybridized carbons (Fsp3) is 0.222. The summed E-state index contributed by atoms with van der Waals surface area (Å²) < 4.78 is 5.14. The Morgan fingerprint density at radius 2 is 1.24 bits per heavy atom. The number of carbonyl (C=O) groups excluding carboxylic acids is 2. The van der Waals surface area contributed by atoms with E-state index in [1.165, 1.54) is 0 Å². The van der Waals surface area contributed by atoms with Gasteiger partial charge in [-0.1, -0.05) is 0 Å². The second-order valence-corrected chi connectivity index (χ2v) is 5.73. The quantitative estimate of drug-likeness (QED) is 0.599. The molecule has 2 amide bonds. The first kappa shape index (κ1) is 18.3. The van der Waals surface area contributed by atoms with Crippen LogP contribution in [0.3, 0.4) is 0 Å². The third-order valence-electron chi connectivity index (χ3n) is 3.57. The van der Waals surface area contributed by atoms with Crippen LogP contribution in [-0.2, 0) is 14.3 Å². The van der Waals surface area contributed by atoms with Gasteiger partial charge in [0, 0.05) is 22.7 Å². The number of hydrogen-bond acceptors (Lipinski definition) is 5. The van der Waals surface area contributed by atoms with Gasteiger partial charge in [0.05, 0.1) is 0 Å². The van der Waals surface area contributed by atoms with Crippen LogP contribution in [0.5, 0.6) is 0 Å². The first-order valence-electron chi connectivity index (χ1n) is 7.75. The summed E-state index contributed by atoms with van der Waals surface area (Å²) in [6.45, 7) is 3.25. The van der Waals surface area contributed by atoms with E-state index in [2.05, 4.69) is 10.6 Å². The summed E-state index contributed by atoms with van der Waals surface area (Å²) in [6, 6.07) is 10.4. The molecule has 0 bridgehead atoms. The van der Waals surface area contributed by atoms with Crippen LogP contribution >= 0.6 is 0 Å². The monoisotopic (exact) mass is 342 g/mol. The first-order chi connectivity index (χ1) is 11.8. The summed E-state index contributed by atoms with van der Waals surface area (Å²) in [6.07, 6.45) is 0. The largest absolute Gasteiger partial charge is 0.399 e. The highest BCUT2D eigenvalue weighted by molar-refractivity contribution is 5.94. The fourth-order valence-electron chi connectivity index (χ4n) is 2.14. The van der Waals surface area contributed by atoms with E-state index in [1.54, 1.807) is 36.4 Å². The predicted octanol–water partition coefficient (Wildman–Crippen LogP) is 2.06. The second-order valence-electron chi connectivity index (χ2n) is 5.73. The van der Waals surface area contributed by atoms with Crippen LogP contribution in [0.2, 0.25) is 0 Å². The number of amides is 2. The lowest BCUT2D eigenvalue weighted by Crippen LogP contribution is -2.24. The van der Waals surface area contributed by atoms with Crippen molar-refractivity contribution in [3.63, 3.8) is 0 Å². The maximum Gasteiger partial charge on any atom is 0.250 e. The van der Waals surface area contributed by atoms with Gasteiger partial charge in [-0.2, -0.15) is 0 Å². The maximum absolute atomic E-state index is 11.8. The number of ether oxygens (including phenoxy) is 1. The Labute approximate surface area is 146 Å². The van der Waals surface area contributed by atoms with Crippen LogP contribution in [-0.4, -0.2) is 25.0 Å². The molecule has 0 radical (unpaired) electrons. The molecule has 6 N–H and O–H groups in total. The number of hydrogen-bond donors (Lipinski definition) is 4. The van der Waals surface area contributed by atoms with Crippen molar-refractivity contribution in [3.05, 3.63) is 47.5 Å². The molecule has 2 aromatic rings. The molecule has 2 aromatic carbocycles. The van der Waals surface area contributed by atoms with Gasteiger partial charge in [-0.25, -0.2) is 0 Å². The molecule has 2 rings (SSSR count). The van der Waals surface area contributed by atoms with Crippen molar-refractivity contribution in [2.45, 2.75) is 13.8 Å². The van der Waals surface area contributed by atoms with Crippen molar-refractivity contribution < 1.29 is 14.3 Å². The fourth-order valence-corrected chi connectivity index (χ4v) is 2.14. The third kappa shape index (κ3) is 5.50. The van der Waals surface area contributed by atoms with Crippen LogP contribution in [0.15, 0.2) is 36.4 Å². The van der Waals surface area contributed by atoms with Gasteiger partial charge in [-0.3, -0.25) is 9.59 Å². The van der Waals surface area contributed by atoms with E-state index in [0.717, 1.165) is 11.1 Å². The lowest BCUT2D eigenvalue weighted by molar-refractivity contribution is -0.125. The zero-order valence-corrected chi connectivity index (χ0v) is 14.3. The van der Waals surface area contributed by atoms with Gasteiger partial charge in [-0.05, 0) is 61.4 Å². The van der Waals surface area contributed by atoms with Gasteiger partial charge in [0.15, 0.2) is 0 Å². The van der Waals surface area contributed by atoms with Crippen molar-refractivity contribution in [2.75, 3.05) is 35.3 Å². The Morgan fingerprint density at radius 3 is 1.60 bits per heavy atom. The Hall–Kier alpha value is -3.06. The molecular formula is C18H22N4O3. The molecule has 0 atom stereocenters. The summed E-state index contributed by atoms with van der Waals surface area (Å²) in [5.74, 6) is -0.694. The van der Waals surface area contributed by atoms with E-state index in [1.807, 2.05) is 13.8 Å². The number of anilines is 4. The van der Waals surface area contributed by atoms with Gasteiger partial charge in [0.25, 0.3) is 0 Å². The average molecular weight is 342 g/mol. The summed E-state index contributed by atoms with van der Waals surface area (Å²) in [4.78, 5) is 23.6. The van der Waals surface area contributed by atoms with E-state index in [4.69, 9.17) is 16.2 Å². The van der Waals surface area contributed by atoms with Crippen molar-refractivity contribution >= 4 is 34.6 Å². The molecular weight excluding hydrogens is 320 g/mol. The SMILES string of the molecule is Cc1cc(NC(=O)COCC(=O)Nc2ccc(N)c(C)c2)ccc1N. The molecule has 7 nitrogen and oxygen atoms in total. The van der Waals surface area contributed by atoms with Gasteiger partial charge < -0.3 is 26.8 Å². The van der Waals surface area contributed by atoms with Crippen LogP contribution in [0.25, 0.3) is 0 Å². The molecule has 0 saturated heterocycles. The highest BCUT2D eigenvalue weighted by atomic mass is 16.5. The van der Waals surface area contributed by atoms with Gasteiger partial charge >= 0.3 is 0 Å². The molecule has 0 heterocycles. The number of nitrogens with one attached hydrogen (secondary N) is 2. The van der Waals surface area contributed by atoms with Crippen molar-refractivity contribution in [1.82, 2.24) is 0 Å². The number of benzene rings is 2. The third-order valence-corrected chi connectivity index (χ3v) is 3.57. The van der Waals surface area contributed by atoms with E-state index in [-0.39, 0.29) is 25.0 Å². The highest BCUT2D eigenvalue weighted by Gasteiger charge is 2.07. The van der Waals surface area contributed by atoms with Gasteiger partial charge in [0.2, 0.25) is 11.8 Å². The minimum Gasteiger partial charge on any atom is -0.399 e. The lowest BCUT2D eigenvalue weighted by Gasteiger charge is -2.09. The first-order valence-corrected chi connectivity index (χ1v) is 7.75. The standard InChI is InChI=1S/C18H22N4O3/c1-11-7-13(3-5-15(11)19)21-17(23)9-25-10-18(24)22-14-4-6-16(20)12(2)8-14/h3-8H,9-10,19-20H2,1-2H3,(H,21,23)(H,22,24). The van der Waals surface area contributed by atoms with Gasteiger partial charge in [-0.15, -0.1) is 0 Å². The van der Waals surface area contributed by atoms with E-state index < -0.39 is 0 Å². The molecule has 0 spiro atoms. The number of rotatable bonds is 6. The van der Waals surface area contributed by atoms with E-state index >= 15 is 0 Å². The zero-order valence-electron chi connectivity index (χ0n) is 14.3. The molecule has 0 saturated carbocycles. The summed E-state index contributed by atoms with van der Waals surface area (Å²) >= 11 is 0. The van der Waals surface area contributed by atoms with Crippen LogP contribution in [0.1, 0.15) is 11.1 Å². The summed E-state index contributed by atoms with van der Waals surface area (Å²) in [7, 11) is 0. The Kier molecular flexibility index (Phi) is 5.97. The Morgan fingerprint density at radius 1 is 0.840 bits per heavy atom. The second kappa shape index (κ2) is 8.16. The molecule has 0 unspecified atom stereocenters. The maximum atomic E-state index is 11.8. The molecule has 132 valence electrons. The van der Waals surface area contributed by atoms with E-state index in [0.29, 0.717) is 22.7 Å². The minimum atomic E-state index is -0.347.